The summed E-state index contributed by atoms with van der Waals surface area (Å²) in [5.41, 5.74) is 5.26. The van der Waals surface area contributed by atoms with Gasteiger partial charge in [-0.2, -0.15) is 0 Å². The highest BCUT2D eigenvalue weighted by molar-refractivity contribution is 5.34. The molecule has 26 heavy (non-hydrogen) atoms. The zero-order valence-electron chi connectivity index (χ0n) is 15.1. The Balaban J connectivity index is 1.43. The minimum Gasteiger partial charge on any atom is -0.468 e. The largest absolute Gasteiger partial charge is 0.468 e. The maximum absolute atomic E-state index is 5.46. The van der Waals surface area contributed by atoms with Crippen LogP contribution >= 0.6 is 0 Å². The molecule has 0 saturated heterocycles. The molecule has 134 valence electrons. The first-order valence-corrected chi connectivity index (χ1v) is 9.06. The van der Waals surface area contributed by atoms with Crippen LogP contribution in [-0.2, 0) is 32.6 Å². The molecule has 0 radical (unpaired) electrons. The van der Waals surface area contributed by atoms with Crippen molar-refractivity contribution in [1.29, 1.82) is 0 Å². The van der Waals surface area contributed by atoms with Crippen molar-refractivity contribution in [1.82, 2.24) is 19.8 Å². The number of rotatable bonds is 6. The third-order valence-corrected chi connectivity index (χ3v) is 4.87. The molecule has 0 unspecified atom stereocenters. The van der Waals surface area contributed by atoms with Gasteiger partial charge in [0.25, 0.3) is 0 Å². The van der Waals surface area contributed by atoms with Crippen LogP contribution in [0.5, 0.6) is 0 Å². The normalized spacial score (nSPS) is 14.5. The number of hydrogen-bond acceptors (Lipinski definition) is 5. The maximum Gasteiger partial charge on any atom is 0.117 e. The van der Waals surface area contributed by atoms with E-state index >= 15 is 0 Å². The van der Waals surface area contributed by atoms with Crippen molar-refractivity contribution in [2.75, 3.05) is 13.6 Å². The van der Waals surface area contributed by atoms with Crippen LogP contribution in [0.2, 0.25) is 0 Å². The Kier molecular flexibility index (Phi) is 5.09. The Bertz CT molecular complexity index is 832. The van der Waals surface area contributed by atoms with Gasteiger partial charge in [0.05, 0.1) is 18.5 Å². The molecule has 1 aliphatic heterocycles. The Morgan fingerprint density at radius 2 is 2.12 bits per heavy atom. The number of hydrogen-bond donors (Lipinski definition) is 0. The number of nitrogens with zero attached hydrogens (tertiary/aromatic N) is 4. The second-order valence-corrected chi connectivity index (χ2v) is 6.97. The van der Waals surface area contributed by atoms with Gasteiger partial charge in [-0.05, 0) is 54.4 Å². The van der Waals surface area contributed by atoms with Crippen molar-refractivity contribution in [2.24, 2.45) is 0 Å². The summed E-state index contributed by atoms with van der Waals surface area (Å²) in [5, 5.41) is 0. The van der Waals surface area contributed by atoms with Crippen LogP contribution in [0.3, 0.4) is 0 Å². The van der Waals surface area contributed by atoms with Gasteiger partial charge in [-0.1, -0.05) is 6.07 Å². The predicted molar refractivity (Wildman–Crippen MR) is 100 cm³/mol. The molecular weight excluding hydrogens is 324 g/mol. The molecule has 0 spiro atoms. The van der Waals surface area contributed by atoms with Crippen LogP contribution in [0, 0.1) is 0 Å². The lowest BCUT2D eigenvalue weighted by atomic mass is 9.96. The van der Waals surface area contributed by atoms with Gasteiger partial charge in [0, 0.05) is 44.8 Å². The minimum atomic E-state index is 0.808. The van der Waals surface area contributed by atoms with Crippen LogP contribution in [0.15, 0.2) is 59.6 Å². The van der Waals surface area contributed by atoms with E-state index in [1.807, 2.05) is 36.8 Å². The molecule has 4 rings (SSSR count). The van der Waals surface area contributed by atoms with Crippen LogP contribution < -0.4 is 0 Å². The molecule has 0 aromatic carbocycles. The number of aromatic nitrogens is 2. The quantitative estimate of drug-likeness (QED) is 0.684. The van der Waals surface area contributed by atoms with E-state index in [4.69, 9.17) is 4.42 Å². The van der Waals surface area contributed by atoms with Crippen molar-refractivity contribution < 1.29 is 4.42 Å². The molecule has 3 aromatic rings. The van der Waals surface area contributed by atoms with Crippen LogP contribution in [0.4, 0.5) is 0 Å². The standard InChI is InChI=1S/C21H24N4O/c1-24(16-20-6-4-10-26-20)13-17-11-22-12-18-14-25(9-7-21(17)18)15-19-5-2-3-8-23-19/h2-6,8,10-12H,7,9,13-16H2,1H3. The molecular formula is C21H24N4O. The summed E-state index contributed by atoms with van der Waals surface area (Å²) in [6.07, 6.45) is 8.70. The summed E-state index contributed by atoms with van der Waals surface area (Å²) in [7, 11) is 2.12. The lowest BCUT2D eigenvalue weighted by Gasteiger charge is -2.30. The highest BCUT2D eigenvalue weighted by Gasteiger charge is 2.20. The van der Waals surface area contributed by atoms with E-state index < -0.39 is 0 Å². The molecule has 4 heterocycles. The maximum atomic E-state index is 5.46. The van der Waals surface area contributed by atoms with Crippen LogP contribution in [-0.4, -0.2) is 33.4 Å². The zero-order valence-corrected chi connectivity index (χ0v) is 15.1. The van der Waals surface area contributed by atoms with Gasteiger partial charge in [0.1, 0.15) is 5.76 Å². The number of pyridine rings is 2. The van der Waals surface area contributed by atoms with Gasteiger partial charge in [0.15, 0.2) is 0 Å². The third-order valence-electron chi connectivity index (χ3n) is 4.87. The smallest absolute Gasteiger partial charge is 0.117 e. The third kappa shape index (κ3) is 4.00. The fourth-order valence-electron chi connectivity index (χ4n) is 3.63. The van der Waals surface area contributed by atoms with Gasteiger partial charge < -0.3 is 4.42 Å². The molecule has 0 saturated carbocycles. The number of fused-ring (bicyclic) bond motifs is 1. The molecule has 3 aromatic heterocycles. The van der Waals surface area contributed by atoms with E-state index in [2.05, 4.69) is 38.9 Å². The molecule has 1 aliphatic rings. The van der Waals surface area contributed by atoms with Gasteiger partial charge in [-0.3, -0.25) is 19.8 Å². The van der Waals surface area contributed by atoms with E-state index in [0.717, 1.165) is 50.6 Å². The summed E-state index contributed by atoms with van der Waals surface area (Å²) in [4.78, 5) is 13.7. The van der Waals surface area contributed by atoms with Gasteiger partial charge in [-0.25, -0.2) is 0 Å². The molecule has 5 nitrogen and oxygen atoms in total. The zero-order chi connectivity index (χ0) is 17.8. The van der Waals surface area contributed by atoms with E-state index in [-0.39, 0.29) is 0 Å². The fourth-order valence-corrected chi connectivity index (χ4v) is 3.63. The Morgan fingerprint density at radius 1 is 1.15 bits per heavy atom. The van der Waals surface area contributed by atoms with Gasteiger partial charge in [0.2, 0.25) is 0 Å². The molecule has 0 N–H and O–H groups in total. The first-order chi connectivity index (χ1) is 12.8. The molecule has 0 atom stereocenters. The summed E-state index contributed by atoms with van der Waals surface area (Å²) in [6, 6.07) is 10.1. The predicted octanol–water partition coefficient (Wildman–Crippen LogP) is 3.26. The first kappa shape index (κ1) is 16.9. The Morgan fingerprint density at radius 3 is 2.92 bits per heavy atom. The van der Waals surface area contributed by atoms with Crippen molar-refractivity contribution in [3.05, 3.63) is 83.3 Å². The van der Waals surface area contributed by atoms with Gasteiger partial charge >= 0.3 is 0 Å². The lowest BCUT2D eigenvalue weighted by Crippen LogP contribution is -2.31. The monoisotopic (exact) mass is 348 g/mol. The fraction of sp³-hybridized carbons (Fsp3) is 0.333. The summed E-state index contributed by atoms with van der Waals surface area (Å²) < 4.78 is 5.46. The van der Waals surface area contributed by atoms with Crippen LogP contribution in [0.1, 0.15) is 28.1 Å². The molecule has 0 amide bonds. The minimum absolute atomic E-state index is 0.808. The van der Waals surface area contributed by atoms with Crippen molar-refractivity contribution in [2.45, 2.75) is 32.6 Å². The topological polar surface area (TPSA) is 45.4 Å². The second kappa shape index (κ2) is 7.81. The highest BCUT2D eigenvalue weighted by Crippen LogP contribution is 2.23. The molecule has 0 fully saturated rings. The summed E-state index contributed by atoms with van der Waals surface area (Å²) in [5.74, 6) is 0.992. The molecule has 0 bridgehead atoms. The number of furan rings is 1. The van der Waals surface area contributed by atoms with E-state index in [1.54, 1.807) is 6.26 Å². The Labute approximate surface area is 154 Å². The van der Waals surface area contributed by atoms with E-state index in [9.17, 15) is 0 Å². The van der Waals surface area contributed by atoms with E-state index in [0.29, 0.717) is 0 Å². The second-order valence-electron chi connectivity index (χ2n) is 6.97. The Hall–Kier alpha value is -2.50. The summed E-state index contributed by atoms with van der Waals surface area (Å²) >= 11 is 0. The SMILES string of the molecule is CN(Cc1ccco1)Cc1cncc2c1CCN(Cc1ccccn1)C2. The van der Waals surface area contributed by atoms with Crippen LogP contribution in [0.25, 0.3) is 0 Å². The highest BCUT2D eigenvalue weighted by atomic mass is 16.3. The summed E-state index contributed by atoms with van der Waals surface area (Å²) in [6.45, 7) is 4.58. The van der Waals surface area contributed by atoms with Crippen molar-refractivity contribution in [3.8, 4) is 0 Å². The lowest BCUT2D eigenvalue weighted by molar-refractivity contribution is 0.239. The van der Waals surface area contributed by atoms with Crippen molar-refractivity contribution in [3.63, 3.8) is 0 Å². The van der Waals surface area contributed by atoms with Gasteiger partial charge in [-0.15, -0.1) is 0 Å². The average molecular weight is 348 g/mol. The van der Waals surface area contributed by atoms with E-state index in [1.165, 1.54) is 16.7 Å². The van der Waals surface area contributed by atoms with Crippen molar-refractivity contribution >= 4 is 0 Å². The molecule has 0 aliphatic carbocycles. The average Bonchev–Trinajstić information content (AvgIpc) is 3.15. The molecule has 5 heteroatoms. The first-order valence-electron chi connectivity index (χ1n) is 9.06.